The summed E-state index contributed by atoms with van der Waals surface area (Å²) in [6, 6.07) is 7.33. The van der Waals surface area contributed by atoms with E-state index in [4.69, 9.17) is 4.74 Å². The molecule has 0 unspecified atom stereocenters. The number of unbranched alkanes of at least 4 members (excludes halogenated alkanes) is 5. The molecule has 3 rings (SSSR count). The number of fused-ring (bicyclic) bond motifs is 3. The van der Waals surface area contributed by atoms with Crippen LogP contribution in [0.3, 0.4) is 0 Å². The molecule has 0 radical (unpaired) electrons. The minimum atomic E-state index is -0.367. The third-order valence-electron chi connectivity index (χ3n) is 5.04. The zero-order valence-corrected chi connectivity index (χ0v) is 17.1. The first kappa shape index (κ1) is 20.1. The fourth-order valence-corrected chi connectivity index (χ4v) is 4.63. The molecule has 0 aliphatic carbocycles. The lowest BCUT2D eigenvalue weighted by molar-refractivity contribution is 0.293. The van der Waals surface area contributed by atoms with E-state index in [9.17, 15) is 8.78 Å². The smallest absolute Gasteiger partial charge is 0.182 e. The summed E-state index contributed by atoms with van der Waals surface area (Å²) in [6.07, 6.45) is 8.28. The van der Waals surface area contributed by atoms with E-state index in [-0.39, 0.29) is 17.4 Å². The number of hydrogen-bond acceptors (Lipinski definition) is 2. The van der Waals surface area contributed by atoms with Gasteiger partial charge in [-0.2, -0.15) is 0 Å². The highest BCUT2D eigenvalue weighted by atomic mass is 32.1. The third-order valence-corrected chi connectivity index (χ3v) is 6.24. The molecule has 0 saturated heterocycles. The van der Waals surface area contributed by atoms with Gasteiger partial charge in [-0.1, -0.05) is 58.1 Å². The van der Waals surface area contributed by atoms with Crippen molar-refractivity contribution < 1.29 is 13.5 Å². The first-order valence-electron chi connectivity index (χ1n) is 10.1. The molecule has 2 aromatic carbocycles. The van der Waals surface area contributed by atoms with Crippen molar-refractivity contribution in [3.8, 4) is 5.75 Å². The van der Waals surface area contributed by atoms with E-state index in [1.54, 1.807) is 6.07 Å². The molecule has 0 fully saturated rings. The highest BCUT2D eigenvalue weighted by Crippen LogP contribution is 2.40. The number of rotatable bonds is 10. The summed E-state index contributed by atoms with van der Waals surface area (Å²) in [5, 5.41) is 1.56. The fraction of sp³-hybridized carbons (Fsp3) is 0.478. The summed E-state index contributed by atoms with van der Waals surface area (Å²) in [4.78, 5) is 0. The highest BCUT2D eigenvalue weighted by molar-refractivity contribution is 7.25. The molecule has 0 N–H and O–H groups in total. The second-order valence-corrected chi connectivity index (χ2v) is 8.16. The van der Waals surface area contributed by atoms with Crippen molar-refractivity contribution in [2.75, 3.05) is 6.61 Å². The van der Waals surface area contributed by atoms with E-state index in [2.05, 4.69) is 13.8 Å². The molecule has 146 valence electrons. The first-order chi connectivity index (χ1) is 13.2. The van der Waals surface area contributed by atoms with Crippen LogP contribution in [0.5, 0.6) is 5.75 Å². The Kier molecular flexibility index (Phi) is 7.06. The van der Waals surface area contributed by atoms with E-state index < -0.39 is 0 Å². The highest BCUT2D eigenvalue weighted by Gasteiger charge is 2.17. The topological polar surface area (TPSA) is 9.23 Å². The number of halogens is 2. The first-order valence-corrected chi connectivity index (χ1v) is 10.9. The lowest BCUT2D eigenvalue weighted by Crippen LogP contribution is -1.98. The van der Waals surface area contributed by atoms with Gasteiger partial charge in [0.15, 0.2) is 11.6 Å². The van der Waals surface area contributed by atoms with Crippen molar-refractivity contribution in [1.29, 1.82) is 0 Å². The second-order valence-electron chi connectivity index (χ2n) is 7.14. The van der Waals surface area contributed by atoms with Crippen molar-refractivity contribution in [3.05, 3.63) is 41.5 Å². The summed E-state index contributed by atoms with van der Waals surface area (Å²) < 4.78 is 36.5. The maximum atomic E-state index is 15.0. The molecule has 0 saturated carbocycles. The Morgan fingerprint density at radius 1 is 0.778 bits per heavy atom. The van der Waals surface area contributed by atoms with E-state index in [1.807, 2.05) is 18.2 Å². The maximum absolute atomic E-state index is 15.0. The number of ether oxygens (including phenoxy) is 1. The van der Waals surface area contributed by atoms with Gasteiger partial charge in [-0.05, 0) is 37.0 Å². The summed E-state index contributed by atoms with van der Waals surface area (Å²) in [5.41, 5.74) is 0.738. The van der Waals surface area contributed by atoms with Gasteiger partial charge in [-0.15, -0.1) is 11.3 Å². The zero-order chi connectivity index (χ0) is 19.2. The molecule has 4 heteroatoms. The molecule has 0 bridgehead atoms. The minimum Gasteiger partial charge on any atom is -0.490 e. The van der Waals surface area contributed by atoms with Crippen LogP contribution in [0.4, 0.5) is 8.78 Å². The largest absolute Gasteiger partial charge is 0.490 e. The van der Waals surface area contributed by atoms with Gasteiger partial charge < -0.3 is 4.74 Å². The SMILES string of the molecule is CCCCCCc1ccc2c(sc3c(F)c(OCCCCC)ccc32)c1F. The van der Waals surface area contributed by atoms with Crippen LogP contribution in [0.15, 0.2) is 24.3 Å². The van der Waals surface area contributed by atoms with Gasteiger partial charge in [0, 0.05) is 10.8 Å². The van der Waals surface area contributed by atoms with Crippen molar-refractivity contribution in [2.45, 2.75) is 65.2 Å². The van der Waals surface area contributed by atoms with Gasteiger partial charge in [0.25, 0.3) is 0 Å². The normalized spacial score (nSPS) is 11.6. The lowest BCUT2D eigenvalue weighted by Gasteiger charge is -2.07. The standard InChI is InChI=1S/C23H28F2OS/c1-3-5-7-8-10-16-11-12-17-18-13-14-19(26-15-9-6-4-2)21(25)23(18)27-22(17)20(16)24/h11-14H,3-10,15H2,1-2H3. The molecule has 1 aromatic heterocycles. The number of hydrogen-bond donors (Lipinski definition) is 0. The molecule has 1 nitrogen and oxygen atoms in total. The Hall–Kier alpha value is -1.68. The molecule has 27 heavy (non-hydrogen) atoms. The Morgan fingerprint density at radius 3 is 2.19 bits per heavy atom. The quantitative estimate of drug-likeness (QED) is 0.318. The fourth-order valence-electron chi connectivity index (χ4n) is 3.44. The Labute approximate surface area is 164 Å². The summed E-state index contributed by atoms with van der Waals surface area (Å²) in [7, 11) is 0. The molecule has 0 atom stereocenters. The van der Waals surface area contributed by atoms with Gasteiger partial charge >= 0.3 is 0 Å². The summed E-state index contributed by atoms with van der Waals surface area (Å²) in [6.45, 7) is 4.80. The average Bonchev–Trinajstić information content (AvgIpc) is 3.06. The van der Waals surface area contributed by atoms with Crippen LogP contribution in [0.25, 0.3) is 20.2 Å². The van der Waals surface area contributed by atoms with Crippen LogP contribution < -0.4 is 4.74 Å². The number of aryl methyl sites for hydroxylation is 1. The van der Waals surface area contributed by atoms with Gasteiger partial charge in [0.1, 0.15) is 5.82 Å². The third kappa shape index (κ3) is 4.43. The van der Waals surface area contributed by atoms with Crippen LogP contribution in [-0.4, -0.2) is 6.61 Å². The maximum Gasteiger partial charge on any atom is 0.182 e. The number of thiophene rings is 1. The minimum absolute atomic E-state index is 0.185. The van der Waals surface area contributed by atoms with Crippen LogP contribution >= 0.6 is 11.3 Å². The molecular formula is C23H28F2OS. The molecule has 1 heterocycles. The van der Waals surface area contributed by atoms with Gasteiger partial charge in [-0.3, -0.25) is 0 Å². The summed E-state index contributed by atoms with van der Waals surface area (Å²) >= 11 is 1.20. The molecule has 0 amide bonds. The second kappa shape index (κ2) is 9.50. The molecule has 0 spiro atoms. The van der Waals surface area contributed by atoms with E-state index in [1.165, 1.54) is 24.2 Å². The average molecular weight is 391 g/mol. The molecular weight excluding hydrogens is 362 g/mol. The predicted octanol–water partition coefficient (Wildman–Crippen LogP) is 8.02. The van der Waals surface area contributed by atoms with Crippen LogP contribution in [0.2, 0.25) is 0 Å². The van der Waals surface area contributed by atoms with E-state index >= 15 is 0 Å². The molecule has 3 aromatic rings. The van der Waals surface area contributed by atoms with Crippen molar-refractivity contribution >= 4 is 31.5 Å². The Morgan fingerprint density at radius 2 is 1.44 bits per heavy atom. The van der Waals surface area contributed by atoms with E-state index in [0.29, 0.717) is 16.0 Å². The Bertz CT molecular complexity index is 828. The van der Waals surface area contributed by atoms with Crippen LogP contribution in [-0.2, 0) is 6.42 Å². The van der Waals surface area contributed by atoms with E-state index in [0.717, 1.165) is 54.9 Å². The van der Waals surface area contributed by atoms with Gasteiger partial charge in [0.2, 0.25) is 0 Å². The molecule has 0 aliphatic heterocycles. The summed E-state index contributed by atoms with van der Waals surface area (Å²) in [5.74, 6) is -0.283. The number of benzene rings is 2. The van der Waals surface area contributed by atoms with Crippen molar-refractivity contribution in [3.63, 3.8) is 0 Å². The van der Waals surface area contributed by atoms with Gasteiger partial charge in [-0.25, -0.2) is 8.78 Å². The lowest BCUT2D eigenvalue weighted by atomic mass is 10.0. The predicted molar refractivity (Wildman–Crippen MR) is 112 cm³/mol. The van der Waals surface area contributed by atoms with Crippen molar-refractivity contribution in [2.24, 2.45) is 0 Å². The van der Waals surface area contributed by atoms with Crippen molar-refractivity contribution in [1.82, 2.24) is 0 Å². The Balaban J connectivity index is 1.88. The molecule has 0 aliphatic rings. The zero-order valence-electron chi connectivity index (χ0n) is 16.2. The van der Waals surface area contributed by atoms with Crippen LogP contribution in [0, 0.1) is 11.6 Å². The van der Waals surface area contributed by atoms with Gasteiger partial charge in [0.05, 0.1) is 16.0 Å². The van der Waals surface area contributed by atoms with Crippen LogP contribution in [0.1, 0.15) is 64.4 Å². The monoisotopic (exact) mass is 390 g/mol.